The van der Waals surface area contributed by atoms with Gasteiger partial charge in [0.1, 0.15) is 5.78 Å². The molecule has 0 amide bonds. The van der Waals surface area contributed by atoms with Crippen molar-refractivity contribution in [2.24, 2.45) is 0 Å². The van der Waals surface area contributed by atoms with Gasteiger partial charge in [-0.25, -0.2) is 0 Å². The molecule has 2 heteroatoms. The number of nitrogens with one attached hydrogen (secondary N) is 1. The lowest BCUT2D eigenvalue weighted by atomic mass is 10.00. The highest BCUT2D eigenvalue weighted by atomic mass is 16.1. The third-order valence-corrected chi connectivity index (χ3v) is 3.31. The molecule has 0 spiro atoms. The summed E-state index contributed by atoms with van der Waals surface area (Å²) < 4.78 is 0. The molecular formula is C15H21NO. The Kier molecular flexibility index (Phi) is 3.95. The molecule has 1 fully saturated rings. The second-order valence-electron chi connectivity index (χ2n) is 5.12. The second kappa shape index (κ2) is 5.46. The van der Waals surface area contributed by atoms with Crippen LogP contribution in [0, 0.1) is 13.8 Å². The number of benzene rings is 1. The Morgan fingerprint density at radius 1 is 1.35 bits per heavy atom. The maximum Gasteiger partial charge on any atom is 0.138 e. The first-order valence-electron chi connectivity index (χ1n) is 6.46. The molecule has 92 valence electrons. The van der Waals surface area contributed by atoms with E-state index in [-0.39, 0.29) is 0 Å². The molecule has 2 nitrogen and oxygen atoms in total. The van der Waals surface area contributed by atoms with Gasteiger partial charge in [0.2, 0.25) is 0 Å². The average Bonchev–Trinajstić information content (AvgIpc) is 3.07. The van der Waals surface area contributed by atoms with Crippen LogP contribution in [-0.2, 0) is 11.2 Å². The van der Waals surface area contributed by atoms with Gasteiger partial charge in [0.15, 0.2) is 0 Å². The normalized spacial score (nSPS) is 14.9. The second-order valence-corrected chi connectivity index (χ2v) is 5.12. The number of carbonyl (C=O) groups excluding carboxylic acids is 1. The highest BCUT2D eigenvalue weighted by Gasteiger charge is 2.20. The molecule has 1 aliphatic rings. The summed E-state index contributed by atoms with van der Waals surface area (Å²) in [6.45, 7) is 4.99. The Balaban J connectivity index is 1.81. The van der Waals surface area contributed by atoms with E-state index in [1.807, 2.05) is 0 Å². The fraction of sp³-hybridized carbons (Fsp3) is 0.533. The van der Waals surface area contributed by atoms with Crippen molar-refractivity contribution >= 4 is 5.78 Å². The molecule has 0 atom stereocenters. The molecule has 1 aromatic rings. The molecule has 0 aromatic heterocycles. The predicted molar refractivity (Wildman–Crippen MR) is 70.3 cm³/mol. The number of hydrogen-bond acceptors (Lipinski definition) is 2. The van der Waals surface area contributed by atoms with Crippen molar-refractivity contribution in [3.8, 4) is 0 Å². The standard InChI is InChI=1S/C15H21NO/c1-11-3-4-12(2)13(9-11)10-15(17)7-8-16-14-5-6-14/h3-4,9,14,16H,5-8,10H2,1-2H3. The molecule has 1 aromatic carbocycles. The van der Waals surface area contributed by atoms with Gasteiger partial charge in [-0.05, 0) is 37.8 Å². The van der Waals surface area contributed by atoms with Crippen LogP contribution in [0.2, 0.25) is 0 Å². The summed E-state index contributed by atoms with van der Waals surface area (Å²) in [4.78, 5) is 11.8. The van der Waals surface area contributed by atoms with Crippen molar-refractivity contribution in [1.82, 2.24) is 5.32 Å². The van der Waals surface area contributed by atoms with Gasteiger partial charge in [-0.15, -0.1) is 0 Å². The largest absolute Gasteiger partial charge is 0.314 e. The van der Waals surface area contributed by atoms with Crippen LogP contribution in [0.3, 0.4) is 0 Å². The van der Waals surface area contributed by atoms with Crippen molar-refractivity contribution in [3.05, 3.63) is 34.9 Å². The van der Waals surface area contributed by atoms with Gasteiger partial charge < -0.3 is 5.32 Å². The van der Waals surface area contributed by atoms with Crippen LogP contribution in [0.25, 0.3) is 0 Å². The van der Waals surface area contributed by atoms with Crippen LogP contribution in [0.15, 0.2) is 18.2 Å². The topological polar surface area (TPSA) is 29.1 Å². The Morgan fingerprint density at radius 3 is 2.82 bits per heavy atom. The maximum atomic E-state index is 11.8. The molecule has 0 heterocycles. The lowest BCUT2D eigenvalue weighted by Crippen LogP contribution is -2.21. The van der Waals surface area contributed by atoms with E-state index in [2.05, 4.69) is 37.4 Å². The fourth-order valence-electron chi connectivity index (χ4n) is 1.99. The first-order valence-corrected chi connectivity index (χ1v) is 6.46. The van der Waals surface area contributed by atoms with E-state index in [4.69, 9.17) is 0 Å². The van der Waals surface area contributed by atoms with Crippen LogP contribution in [0.1, 0.15) is 36.0 Å². The quantitative estimate of drug-likeness (QED) is 0.815. The summed E-state index contributed by atoms with van der Waals surface area (Å²) in [5.74, 6) is 0.340. The van der Waals surface area contributed by atoms with E-state index in [0.717, 1.165) is 6.54 Å². The van der Waals surface area contributed by atoms with E-state index < -0.39 is 0 Å². The minimum atomic E-state index is 0.340. The van der Waals surface area contributed by atoms with Gasteiger partial charge in [0.05, 0.1) is 0 Å². The Labute approximate surface area is 103 Å². The van der Waals surface area contributed by atoms with E-state index in [9.17, 15) is 4.79 Å². The van der Waals surface area contributed by atoms with Crippen LogP contribution < -0.4 is 5.32 Å². The molecule has 0 radical (unpaired) electrons. The summed E-state index contributed by atoms with van der Waals surface area (Å²) in [5, 5.41) is 3.38. The zero-order valence-electron chi connectivity index (χ0n) is 10.8. The molecule has 1 saturated carbocycles. The van der Waals surface area contributed by atoms with Gasteiger partial charge in [-0.2, -0.15) is 0 Å². The summed E-state index contributed by atoms with van der Waals surface area (Å²) in [6.07, 6.45) is 3.81. The highest BCUT2D eigenvalue weighted by Crippen LogP contribution is 2.18. The molecule has 1 N–H and O–H groups in total. The van der Waals surface area contributed by atoms with Gasteiger partial charge in [-0.3, -0.25) is 4.79 Å². The van der Waals surface area contributed by atoms with Gasteiger partial charge in [0.25, 0.3) is 0 Å². The van der Waals surface area contributed by atoms with Crippen molar-refractivity contribution in [2.75, 3.05) is 6.54 Å². The number of aryl methyl sites for hydroxylation is 2. The molecule has 0 aliphatic heterocycles. The lowest BCUT2D eigenvalue weighted by Gasteiger charge is -2.07. The molecule has 1 aliphatic carbocycles. The van der Waals surface area contributed by atoms with Crippen molar-refractivity contribution in [3.63, 3.8) is 0 Å². The SMILES string of the molecule is Cc1ccc(C)c(CC(=O)CCNC2CC2)c1. The molecular weight excluding hydrogens is 210 g/mol. The number of carbonyl (C=O) groups is 1. The first kappa shape index (κ1) is 12.3. The number of rotatable bonds is 6. The molecule has 0 bridgehead atoms. The first-order chi connectivity index (χ1) is 8.15. The van der Waals surface area contributed by atoms with Crippen LogP contribution >= 0.6 is 0 Å². The van der Waals surface area contributed by atoms with E-state index in [0.29, 0.717) is 24.7 Å². The van der Waals surface area contributed by atoms with Gasteiger partial charge in [0, 0.05) is 25.4 Å². The van der Waals surface area contributed by atoms with E-state index in [1.165, 1.54) is 29.5 Å². The third-order valence-electron chi connectivity index (χ3n) is 3.31. The summed E-state index contributed by atoms with van der Waals surface area (Å²) in [5.41, 5.74) is 3.63. The highest BCUT2D eigenvalue weighted by molar-refractivity contribution is 5.81. The average molecular weight is 231 g/mol. The van der Waals surface area contributed by atoms with Crippen LogP contribution in [-0.4, -0.2) is 18.4 Å². The maximum absolute atomic E-state index is 11.8. The molecule has 0 unspecified atom stereocenters. The Hall–Kier alpha value is -1.15. The minimum absolute atomic E-state index is 0.340. The van der Waals surface area contributed by atoms with Crippen LogP contribution in [0.5, 0.6) is 0 Å². The summed E-state index contributed by atoms with van der Waals surface area (Å²) >= 11 is 0. The van der Waals surface area contributed by atoms with Gasteiger partial charge >= 0.3 is 0 Å². The van der Waals surface area contributed by atoms with Gasteiger partial charge in [-0.1, -0.05) is 23.8 Å². The third kappa shape index (κ3) is 3.97. The minimum Gasteiger partial charge on any atom is -0.314 e. The smallest absolute Gasteiger partial charge is 0.138 e. The van der Waals surface area contributed by atoms with Crippen LogP contribution in [0.4, 0.5) is 0 Å². The van der Waals surface area contributed by atoms with Crippen molar-refractivity contribution in [2.45, 2.75) is 45.6 Å². The fourth-order valence-corrected chi connectivity index (χ4v) is 1.99. The van der Waals surface area contributed by atoms with E-state index >= 15 is 0 Å². The van der Waals surface area contributed by atoms with Crippen molar-refractivity contribution in [1.29, 1.82) is 0 Å². The zero-order valence-corrected chi connectivity index (χ0v) is 10.8. The predicted octanol–water partition coefficient (Wildman–Crippen LogP) is 2.56. The number of ketones is 1. The lowest BCUT2D eigenvalue weighted by molar-refractivity contribution is -0.118. The number of hydrogen-bond donors (Lipinski definition) is 1. The Bertz CT molecular complexity index is 407. The molecule has 2 rings (SSSR count). The zero-order chi connectivity index (χ0) is 12.3. The summed E-state index contributed by atoms with van der Waals surface area (Å²) in [6, 6.07) is 7.02. The molecule has 17 heavy (non-hydrogen) atoms. The summed E-state index contributed by atoms with van der Waals surface area (Å²) in [7, 11) is 0. The number of Topliss-reactive ketones (excluding diaryl/α,β-unsaturated/α-hetero) is 1. The van der Waals surface area contributed by atoms with Crippen molar-refractivity contribution < 1.29 is 4.79 Å². The van der Waals surface area contributed by atoms with E-state index in [1.54, 1.807) is 0 Å². The Morgan fingerprint density at radius 2 is 2.12 bits per heavy atom. The monoisotopic (exact) mass is 231 g/mol. The molecule has 0 saturated heterocycles.